The van der Waals surface area contributed by atoms with Crippen LogP contribution in [0.1, 0.15) is 24.2 Å². The van der Waals surface area contributed by atoms with Gasteiger partial charge in [-0.2, -0.15) is 0 Å². The maximum atomic E-state index is 5.99. The number of fused-ring (bicyclic) bond motifs is 1. The lowest BCUT2D eigenvalue weighted by Crippen LogP contribution is -2.26. The highest BCUT2D eigenvalue weighted by atomic mass is 16.5. The summed E-state index contributed by atoms with van der Waals surface area (Å²) in [7, 11) is 0. The lowest BCUT2D eigenvalue weighted by atomic mass is 10.1. The quantitative estimate of drug-likeness (QED) is 0.745. The van der Waals surface area contributed by atoms with Gasteiger partial charge in [0.15, 0.2) is 0 Å². The molecule has 1 aromatic rings. The van der Waals surface area contributed by atoms with Gasteiger partial charge in [-0.15, -0.1) is 0 Å². The Morgan fingerprint density at radius 2 is 2.23 bits per heavy atom. The van der Waals surface area contributed by atoms with Crippen molar-refractivity contribution in [3.05, 3.63) is 35.4 Å². The molecular formula is C11H15NO. The predicted octanol–water partition coefficient (Wildman–Crippen LogP) is 1.65. The van der Waals surface area contributed by atoms with Gasteiger partial charge in [0.2, 0.25) is 0 Å². The second-order valence-electron chi connectivity index (χ2n) is 3.44. The average Bonchev–Trinajstić information content (AvgIpc) is 2.44. The Morgan fingerprint density at radius 1 is 1.46 bits per heavy atom. The molecule has 2 atom stereocenters. The molecule has 0 heterocycles. The van der Waals surface area contributed by atoms with Crippen molar-refractivity contribution in [1.29, 1.82) is 0 Å². The Labute approximate surface area is 78.7 Å². The summed E-state index contributed by atoms with van der Waals surface area (Å²) in [6.45, 7) is 2.74. The minimum absolute atomic E-state index is 0.112. The Balaban J connectivity index is 2.29. The molecule has 13 heavy (non-hydrogen) atoms. The molecule has 2 heteroatoms. The zero-order valence-corrected chi connectivity index (χ0v) is 7.86. The number of rotatable bonds is 2. The van der Waals surface area contributed by atoms with E-state index in [1.165, 1.54) is 11.1 Å². The molecule has 0 unspecified atom stereocenters. The molecule has 0 aliphatic heterocycles. The fourth-order valence-electron chi connectivity index (χ4n) is 1.98. The SMILES string of the molecule is CCO[C@H]1c2ccccc2C[C@@H]1N. The zero-order chi connectivity index (χ0) is 9.26. The van der Waals surface area contributed by atoms with E-state index in [-0.39, 0.29) is 12.1 Å². The first-order valence-electron chi connectivity index (χ1n) is 4.78. The van der Waals surface area contributed by atoms with Gasteiger partial charge in [-0.05, 0) is 24.5 Å². The van der Waals surface area contributed by atoms with E-state index in [2.05, 4.69) is 18.2 Å². The zero-order valence-electron chi connectivity index (χ0n) is 7.86. The first-order chi connectivity index (χ1) is 6.33. The molecule has 0 fully saturated rings. The van der Waals surface area contributed by atoms with Crippen molar-refractivity contribution in [2.24, 2.45) is 5.73 Å². The Morgan fingerprint density at radius 3 is 3.00 bits per heavy atom. The van der Waals surface area contributed by atoms with Crippen LogP contribution in [-0.2, 0) is 11.2 Å². The van der Waals surface area contributed by atoms with Crippen LogP contribution in [0.5, 0.6) is 0 Å². The van der Waals surface area contributed by atoms with E-state index in [1.54, 1.807) is 0 Å². The summed E-state index contributed by atoms with van der Waals surface area (Å²) in [5, 5.41) is 0. The number of nitrogens with two attached hydrogens (primary N) is 1. The number of benzene rings is 1. The second-order valence-corrected chi connectivity index (χ2v) is 3.44. The van der Waals surface area contributed by atoms with Gasteiger partial charge in [0.05, 0.1) is 6.10 Å². The van der Waals surface area contributed by atoms with Crippen molar-refractivity contribution in [3.63, 3.8) is 0 Å². The number of hydrogen-bond donors (Lipinski definition) is 1. The minimum atomic E-state index is 0.112. The molecule has 0 bridgehead atoms. The summed E-state index contributed by atoms with van der Waals surface area (Å²) in [4.78, 5) is 0. The maximum Gasteiger partial charge on any atom is 0.0981 e. The summed E-state index contributed by atoms with van der Waals surface area (Å²) >= 11 is 0. The van der Waals surface area contributed by atoms with Gasteiger partial charge >= 0.3 is 0 Å². The monoisotopic (exact) mass is 177 g/mol. The van der Waals surface area contributed by atoms with Crippen molar-refractivity contribution in [2.75, 3.05) is 6.61 Å². The van der Waals surface area contributed by atoms with Crippen LogP contribution < -0.4 is 5.73 Å². The molecule has 0 radical (unpaired) electrons. The van der Waals surface area contributed by atoms with E-state index in [0.29, 0.717) is 0 Å². The van der Waals surface area contributed by atoms with Crippen molar-refractivity contribution >= 4 is 0 Å². The molecule has 0 amide bonds. The topological polar surface area (TPSA) is 35.2 Å². The van der Waals surface area contributed by atoms with Gasteiger partial charge in [-0.3, -0.25) is 0 Å². The summed E-state index contributed by atoms with van der Waals surface area (Å²) < 4.78 is 5.62. The summed E-state index contributed by atoms with van der Waals surface area (Å²) in [5.74, 6) is 0. The Hall–Kier alpha value is -0.860. The lowest BCUT2D eigenvalue weighted by molar-refractivity contribution is 0.0518. The molecule has 2 N–H and O–H groups in total. The van der Waals surface area contributed by atoms with Crippen LogP contribution in [-0.4, -0.2) is 12.6 Å². The highest BCUT2D eigenvalue weighted by molar-refractivity contribution is 5.35. The first kappa shape index (κ1) is 8.73. The molecule has 0 aromatic heterocycles. The highest BCUT2D eigenvalue weighted by Crippen LogP contribution is 2.32. The van der Waals surface area contributed by atoms with E-state index >= 15 is 0 Å². The molecule has 1 aromatic carbocycles. The van der Waals surface area contributed by atoms with Crippen LogP contribution in [0.2, 0.25) is 0 Å². The van der Waals surface area contributed by atoms with Crippen LogP contribution >= 0.6 is 0 Å². The first-order valence-corrected chi connectivity index (χ1v) is 4.78. The van der Waals surface area contributed by atoms with E-state index in [9.17, 15) is 0 Å². The van der Waals surface area contributed by atoms with Crippen molar-refractivity contribution in [2.45, 2.75) is 25.5 Å². The van der Waals surface area contributed by atoms with Gasteiger partial charge in [0.1, 0.15) is 0 Å². The van der Waals surface area contributed by atoms with Crippen molar-refractivity contribution < 1.29 is 4.74 Å². The molecule has 1 aliphatic carbocycles. The molecule has 0 spiro atoms. The third-order valence-electron chi connectivity index (χ3n) is 2.55. The molecular weight excluding hydrogens is 162 g/mol. The van der Waals surface area contributed by atoms with E-state index in [4.69, 9.17) is 10.5 Å². The van der Waals surface area contributed by atoms with Crippen molar-refractivity contribution in [1.82, 2.24) is 0 Å². The Bertz CT molecular complexity index is 298. The molecule has 70 valence electrons. The number of hydrogen-bond acceptors (Lipinski definition) is 2. The maximum absolute atomic E-state index is 5.99. The van der Waals surface area contributed by atoms with Crippen LogP contribution in [0.3, 0.4) is 0 Å². The fourth-order valence-corrected chi connectivity index (χ4v) is 1.98. The molecule has 1 aliphatic rings. The van der Waals surface area contributed by atoms with Crippen LogP contribution in [0.25, 0.3) is 0 Å². The van der Waals surface area contributed by atoms with E-state index in [1.807, 2.05) is 13.0 Å². The number of ether oxygens (including phenoxy) is 1. The normalized spacial score (nSPS) is 26.0. The summed E-state index contributed by atoms with van der Waals surface area (Å²) in [6.07, 6.45) is 1.06. The van der Waals surface area contributed by atoms with Crippen LogP contribution in [0.15, 0.2) is 24.3 Å². The fraction of sp³-hybridized carbons (Fsp3) is 0.455. The van der Waals surface area contributed by atoms with Crippen LogP contribution in [0.4, 0.5) is 0 Å². The summed E-state index contributed by atoms with van der Waals surface area (Å²) in [5.41, 5.74) is 8.61. The smallest absolute Gasteiger partial charge is 0.0981 e. The lowest BCUT2D eigenvalue weighted by Gasteiger charge is -2.16. The summed E-state index contributed by atoms with van der Waals surface area (Å²) in [6, 6.07) is 8.48. The van der Waals surface area contributed by atoms with Gasteiger partial charge in [-0.25, -0.2) is 0 Å². The van der Waals surface area contributed by atoms with Gasteiger partial charge in [0.25, 0.3) is 0 Å². The second kappa shape index (κ2) is 3.48. The molecule has 2 nitrogen and oxygen atoms in total. The van der Waals surface area contributed by atoms with Crippen molar-refractivity contribution in [3.8, 4) is 0 Å². The van der Waals surface area contributed by atoms with Gasteiger partial charge < -0.3 is 10.5 Å². The highest BCUT2D eigenvalue weighted by Gasteiger charge is 2.29. The molecule has 0 saturated heterocycles. The van der Waals surface area contributed by atoms with E-state index < -0.39 is 0 Å². The van der Waals surface area contributed by atoms with E-state index in [0.717, 1.165) is 13.0 Å². The minimum Gasteiger partial charge on any atom is -0.372 e. The molecule has 0 saturated carbocycles. The van der Waals surface area contributed by atoms with Gasteiger partial charge in [0, 0.05) is 12.6 Å². The predicted molar refractivity (Wildman–Crippen MR) is 52.5 cm³/mol. The van der Waals surface area contributed by atoms with Gasteiger partial charge in [-0.1, -0.05) is 24.3 Å². The standard InChI is InChI=1S/C11H15NO/c1-2-13-11-9-6-4-3-5-8(9)7-10(11)12/h3-6,10-11H,2,7,12H2,1H3/t10-,11-/m0/s1. The Kier molecular flexibility index (Phi) is 2.34. The largest absolute Gasteiger partial charge is 0.372 e. The third kappa shape index (κ3) is 1.47. The van der Waals surface area contributed by atoms with Crippen LogP contribution in [0, 0.1) is 0 Å². The third-order valence-corrected chi connectivity index (χ3v) is 2.55. The molecule has 2 rings (SSSR count). The average molecular weight is 177 g/mol.